The molecule has 0 amide bonds. The molecule has 1 aliphatic heterocycles. The summed E-state index contributed by atoms with van der Waals surface area (Å²) in [7, 11) is -4.59. The van der Waals surface area contributed by atoms with E-state index >= 15 is 0 Å². The van der Waals surface area contributed by atoms with Crippen molar-refractivity contribution in [2.45, 2.75) is 192 Å². The summed E-state index contributed by atoms with van der Waals surface area (Å²) in [5.41, 5.74) is 0. The lowest BCUT2D eigenvalue weighted by Crippen LogP contribution is -2.60. The second kappa shape index (κ2) is 28.9. The molecule has 1 fully saturated rings. The predicted molar refractivity (Wildman–Crippen MR) is 192 cm³/mol. The number of unbranched alkanes of at least 4 members (excludes halogenated alkanes) is 17. The lowest BCUT2D eigenvalue weighted by atomic mass is 10.00. The predicted octanol–water partition coefficient (Wildman–Crippen LogP) is 6.33. The SMILES string of the molecule is CCCCCC/C=C/CCCCCCCCCC(=O)OC[C@H](CO[C@H]1O[C@H](CS(=O)(=O)O)[C@@H](O)C(O)C1O)OC(=O)CCCCCCCCC. The molecule has 2 unspecified atom stereocenters. The molecular formula is C37H68O12S. The van der Waals surface area contributed by atoms with Crippen LogP contribution in [0.2, 0.25) is 0 Å². The summed E-state index contributed by atoms with van der Waals surface area (Å²) in [5.74, 6) is -1.99. The molecule has 50 heavy (non-hydrogen) atoms. The summed E-state index contributed by atoms with van der Waals surface area (Å²) in [4.78, 5) is 25.1. The fraction of sp³-hybridized carbons (Fsp3) is 0.892. The standard InChI is InChI=1S/C37H68O12S/c1-3-5-7-9-11-12-13-14-15-16-17-18-20-21-23-25-32(38)46-27-30(48-33(39)26-24-22-19-10-8-6-4-2)28-47-37-36(42)35(41)34(40)31(49-37)29-50(43,44)45/h12-13,30-31,34-37,40-42H,3-11,14-29H2,1-2H3,(H,43,44,45)/b13-12+/t30-,31-,34-,35?,36?,37+/m1/s1. The lowest BCUT2D eigenvalue weighted by Gasteiger charge is -2.40. The maximum Gasteiger partial charge on any atom is 0.306 e. The molecule has 0 spiro atoms. The summed E-state index contributed by atoms with van der Waals surface area (Å²) in [5, 5.41) is 30.7. The summed E-state index contributed by atoms with van der Waals surface area (Å²) in [6.07, 6.45) is 17.3. The van der Waals surface area contributed by atoms with Crippen molar-refractivity contribution in [3.05, 3.63) is 12.2 Å². The number of aliphatic hydroxyl groups is 3. The third kappa shape index (κ3) is 23.8. The number of aliphatic hydroxyl groups excluding tert-OH is 3. The van der Waals surface area contributed by atoms with E-state index in [9.17, 15) is 37.9 Å². The summed E-state index contributed by atoms with van der Waals surface area (Å²) >= 11 is 0. The van der Waals surface area contributed by atoms with E-state index in [1.54, 1.807) is 0 Å². The highest BCUT2D eigenvalue weighted by atomic mass is 32.2. The van der Waals surface area contributed by atoms with Crippen molar-refractivity contribution >= 4 is 22.1 Å². The van der Waals surface area contributed by atoms with Gasteiger partial charge in [0.15, 0.2) is 12.4 Å². The minimum absolute atomic E-state index is 0.165. The molecule has 0 saturated carbocycles. The number of esters is 2. The number of hydrogen-bond donors (Lipinski definition) is 4. The van der Waals surface area contributed by atoms with Crippen LogP contribution in [0.25, 0.3) is 0 Å². The van der Waals surface area contributed by atoms with E-state index in [0.717, 1.165) is 57.8 Å². The van der Waals surface area contributed by atoms with E-state index in [-0.39, 0.29) is 19.4 Å². The Kier molecular flexibility index (Phi) is 26.8. The third-order valence-corrected chi connectivity index (χ3v) is 9.60. The molecule has 0 radical (unpaired) electrons. The van der Waals surface area contributed by atoms with Crippen molar-refractivity contribution in [2.24, 2.45) is 0 Å². The van der Waals surface area contributed by atoms with Crippen LogP contribution in [0, 0.1) is 0 Å². The van der Waals surface area contributed by atoms with Gasteiger partial charge in [0.1, 0.15) is 36.8 Å². The quantitative estimate of drug-likeness (QED) is 0.0269. The normalized spacial score (nSPS) is 21.8. The molecule has 0 aromatic rings. The van der Waals surface area contributed by atoms with E-state index in [1.165, 1.54) is 57.8 Å². The Labute approximate surface area is 301 Å². The van der Waals surface area contributed by atoms with Gasteiger partial charge in [-0.15, -0.1) is 0 Å². The molecule has 1 saturated heterocycles. The van der Waals surface area contributed by atoms with Crippen LogP contribution in [0.5, 0.6) is 0 Å². The van der Waals surface area contributed by atoms with Crippen molar-refractivity contribution in [2.75, 3.05) is 19.0 Å². The van der Waals surface area contributed by atoms with Crippen molar-refractivity contribution < 1.29 is 56.8 Å². The third-order valence-electron chi connectivity index (χ3n) is 8.85. The molecule has 0 bridgehead atoms. The fourth-order valence-corrected chi connectivity index (χ4v) is 6.48. The van der Waals surface area contributed by atoms with Crippen LogP contribution >= 0.6 is 0 Å². The van der Waals surface area contributed by atoms with E-state index in [2.05, 4.69) is 26.0 Å². The van der Waals surface area contributed by atoms with Crippen LogP contribution in [0.1, 0.15) is 155 Å². The zero-order valence-electron chi connectivity index (χ0n) is 30.8. The molecule has 294 valence electrons. The molecule has 1 heterocycles. The highest BCUT2D eigenvalue weighted by Gasteiger charge is 2.46. The minimum atomic E-state index is -4.59. The number of carbonyl (C=O) groups is 2. The van der Waals surface area contributed by atoms with Gasteiger partial charge in [0.25, 0.3) is 10.1 Å². The van der Waals surface area contributed by atoms with Gasteiger partial charge in [-0.1, -0.05) is 116 Å². The maximum absolute atomic E-state index is 12.6. The summed E-state index contributed by atoms with van der Waals surface area (Å²) in [6, 6.07) is 0. The van der Waals surface area contributed by atoms with Gasteiger partial charge in [-0.2, -0.15) is 8.42 Å². The van der Waals surface area contributed by atoms with Gasteiger partial charge in [-0.25, -0.2) is 0 Å². The van der Waals surface area contributed by atoms with Crippen molar-refractivity contribution in [3.63, 3.8) is 0 Å². The van der Waals surface area contributed by atoms with Gasteiger partial charge >= 0.3 is 11.9 Å². The Hall–Kier alpha value is -1.61. The Morgan fingerprint density at radius 3 is 1.68 bits per heavy atom. The zero-order chi connectivity index (χ0) is 37.0. The molecule has 1 aliphatic rings. The average Bonchev–Trinajstić information content (AvgIpc) is 3.07. The Morgan fingerprint density at radius 1 is 0.660 bits per heavy atom. The van der Waals surface area contributed by atoms with E-state index in [1.807, 2.05) is 0 Å². The van der Waals surface area contributed by atoms with E-state index < -0.39 is 71.2 Å². The molecule has 0 aromatic heterocycles. The maximum atomic E-state index is 12.6. The van der Waals surface area contributed by atoms with Crippen LogP contribution in [-0.2, 0) is 38.7 Å². The molecule has 0 aromatic carbocycles. The molecule has 1 rings (SSSR count). The van der Waals surface area contributed by atoms with Gasteiger partial charge in [0.05, 0.1) is 6.61 Å². The summed E-state index contributed by atoms with van der Waals surface area (Å²) < 4.78 is 53.6. The molecular weight excluding hydrogens is 668 g/mol. The molecule has 13 heteroatoms. The zero-order valence-corrected chi connectivity index (χ0v) is 31.6. The van der Waals surface area contributed by atoms with Crippen LogP contribution in [0.4, 0.5) is 0 Å². The van der Waals surface area contributed by atoms with Crippen molar-refractivity contribution in [1.82, 2.24) is 0 Å². The first-order chi connectivity index (χ1) is 24.0. The van der Waals surface area contributed by atoms with E-state index in [4.69, 9.17) is 18.9 Å². The van der Waals surface area contributed by atoms with Gasteiger partial charge in [0, 0.05) is 12.8 Å². The first-order valence-electron chi connectivity index (χ1n) is 19.2. The molecule has 12 nitrogen and oxygen atoms in total. The van der Waals surface area contributed by atoms with Crippen LogP contribution in [0.3, 0.4) is 0 Å². The van der Waals surface area contributed by atoms with Crippen LogP contribution in [-0.4, -0.2) is 96.0 Å². The number of carbonyl (C=O) groups excluding carboxylic acids is 2. The first kappa shape index (κ1) is 46.4. The lowest BCUT2D eigenvalue weighted by molar-refractivity contribution is -0.297. The Bertz CT molecular complexity index is 1000. The topological polar surface area (TPSA) is 186 Å². The fourth-order valence-electron chi connectivity index (χ4n) is 5.79. The van der Waals surface area contributed by atoms with E-state index in [0.29, 0.717) is 12.8 Å². The average molecular weight is 737 g/mol. The van der Waals surface area contributed by atoms with Crippen LogP contribution in [0.15, 0.2) is 12.2 Å². The molecule has 6 atom stereocenters. The second-order valence-electron chi connectivity index (χ2n) is 13.6. The Balaban J connectivity index is 2.47. The number of rotatable bonds is 31. The smallest absolute Gasteiger partial charge is 0.306 e. The number of hydrogen-bond acceptors (Lipinski definition) is 11. The van der Waals surface area contributed by atoms with Gasteiger partial charge in [0.2, 0.25) is 0 Å². The largest absolute Gasteiger partial charge is 0.462 e. The molecule has 0 aliphatic carbocycles. The number of allylic oxidation sites excluding steroid dienone is 2. The van der Waals surface area contributed by atoms with Crippen LogP contribution < -0.4 is 0 Å². The Morgan fingerprint density at radius 2 is 1.14 bits per heavy atom. The minimum Gasteiger partial charge on any atom is -0.462 e. The van der Waals surface area contributed by atoms with Gasteiger partial charge < -0.3 is 34.3 Å². The monoisotopic (exact) mass is 736 g/mol. The van der Waals surface area contributed by atoms with Gasteiger partial charge in [-0.05, 0) is 38.5 Å². The van der Waals surface area contributed by atoms with Crippen molar-refractivity contribution in [3.8, 4) is 0 Å². The number of ether oxygens (including phenoxy) is 4. The highest BCUT2D eigenvalue weighted by molar-refractivity contribution is 7.85. The summed E-state index contributed by atoms with van der Waals surface area (Å²) in [6.45, 7) is 3.66. The van der Waals surface area contributed by atoms with Crippen molar-refractivity contribution in [1.29, 1.82) is 0 Å². The van der Waals surface area contributed by atoms with Gasteiger partial charge in [-0.3, -0.25) is 14.1 Å². The first-order valence-corrected chi connectivity index (χ1v) is 20.9. The highest BCUT2D eigenvalue weighted by Crippen LogP contribution is 2.24. The molecule has 4 N–H and O–H groups in total. The second-order valence-corrected chi connectivity index (χ2v) is 15.1.